The third-order valence-electron chi connectivity index (χ3n) is 3.28. The summed E-state index contributed by atoms with van der Waals surface area (Å²) >= 11 is 11.9. The Labute approximate surface area is 144 Å². The standard InChI is InChI=1S/C16H12Cl2N2O2S/c1-10-7-11-3-2-4-15(16(11)19-9-10)23(21,22)20-14-6-5-12(17)8-13(14)18/h2-9,20H,1H3. The van der Waals surface area contributed by atoms with E-state index in [2.05, 4.69) is 9.71 Å². The molecule has 7 heteroatoms. The van der Waals surface area contributed by atoms with E-state index in [9.17, 15) is 8.42 Å². The lowest BCUT2D eigenvalue weighted by molar-refractivity contribution is 0.602. The zero-order chi connectivity index (χ0) is 16.6. The largest absolute Gasteiger partial charge is 0.278 e. The molecule has 2 aromatic carbocycles. The molecule has 118 valence electrons. The van der Waals surface area contributed by atoms with Crippen LogP contribution in [0.3, 0.4) is 0 Å². The second-order valence-electron chi connectivity index (χ2n) is 5.07. The van der Waals surface area contributed by atoms with E-state index in [1.54, 1.807) is 18.3 Å². The molecular formula is C16H12Cl2N2O2S. The Bertz CT molecular complexity index is 1000. The molecule has 0 saturated carbocycles. The topological polar surface area (TPSA) is 59.1 Å². The maximum atomic E-state index is 12.7. The summed E-state index contributed by atoms with van der Waals surface area (Å²) in [4.78, 5) is 4.35. The highest BCUT2D eigenvalue weighted by Crippen LogP contribution is 2.29. The Balaban J connectivity index is 2.10. The normalized spacial score (nSPS) is 11.6. The molecule has 0 radical (unpaired) electrons. The predicted molar refractivity (Wildman–Crippen MR) is 93.8 cm³/mol. The monoisotopic (exact) mass is 366 g/mol. The fourth-order valence-corrected chi connectivity index (χ4v) is 4.00. The van der Waals surface area contributed by atoms with Crippen LogP contribution in [-0.2, 0) is 10.0 Å². The summed E-state index contributed by atoms with van der Waals surface area (Å²) < 4.78 is 27.9. The molecule has 0 amide bonds. The number of fused-ring (bicyclic) bond motifs is 1. The maximum absolute atomic E-state index is 12.7. The van der Waals surface area contributed by atoms with E-state index in [4.69, 9.17) is 23.2 Å². The minimum absolute atomic E-state index is 0.0982. The van der Waals surface area contributed by atoms with Gasteiger partial charge in [0.25, 0.3) is 10.0 Å². The number of aryl methyl sites for hydroxylation is 1. The van der Waals surface area contributed by atoms with Crippen LogP contribution in [0.1, 0.15) is 5.56 Å². The van der Waals surface area contributed by atoms with E-state index in [0.717, 1.165) is 10.9 Å². The average Bonchev–Trinajstić information content (AvgIpc) is 2.49. The first kappa shape index (κ1) is 16.1. The number of anilines is 1. The zero-order valence-corrected chi connectivity index (χ0v) is 14.4. The van der Waals surface area contributed by atoms with Crippen molar-refractivity contribution in [1.82, 2.24) is 4.98 Å². The molecule has 0 aliphatic carbocycles. The van der Waals surface area contributed by atoms with Crippen LogP contribution >= 0.6 is 23.2 Å². The molecule has 0 fully saturated rings. The van der Waals surface area contributed by atoms with Crippen molar-refractivity contribution in [3.05, 3.63) is 64.3 Å². The first-order valence-electron chi connectivity index (χ1n) is 6.70. The average molecular weight is 367 g/mol. The molecule has 1 aromatic heterocycles. The molecule has 3 rings (SSSR count). The van der Waals surface area contributed by atoms with Crippen LogP contribution in [0.5, 0.6) is 0 Å². The van der Waals surface area contributed by atoms with Gasteiger partial charge >= 0.3 is 0 Å². The van der Waals surface area contributed by atoms with E-state index in [1.165, 1.54) is 18.2 Å². The molecule has 0 saturated heterocycles. The van der Waals surface area contributed by atoms with Crippen molar-refractivity contribution in [1.29, 1.82) is 0 Å². The Morgan fingerprint density at radius 3 is 2.61 bits per heavy atom. The minimum atomic E-state index is -3.83. The summed E-state index contributed by atoms with van der Waals surface area (Å²) in [6.07, 6.45) is 1.64. The Hall–Kier alpha value is -1.82. The fourth-order valence-electron chi connectivity index (χ4n) is 2.23. The Morgan fingerprint density at radius 2 is 1.87 bits per heavy atom. The van der Waals surface area contributed by atoms with Gasteiger partial charge in [0.05, 0.1) is 16.2 Å². The number of hydrogen-bond acceptors (Lipinski definition) is 3. The number of nitrogens with zero attached hydrogens (tertiary/aromatic N) is 1. The van der Waals surface area contributed by atoms with Gasteiger partial charge in [-0.15, -0.1) is 0 Å². The smallest absolute Gasteiger partial charge is 0.264 e. The third kappa shape index (κ3) is 3.27. The van der Waals surface area contributed by atoms with E-state index >= 15 is 0 Å². The van der Waals surface area contributed by atoms with Gasteiger partial charge in [-0.3, -0.25) is 9.71 Å². The summed E-state index contributed by atoms with van der Waals surface area (Å²) in [6.45, 7) is 1.90. The van der Waals surface area contributed by atoms with Crippen molar-refractivity contribution in [3.63, 3.8) is 0 Å². The van der Waals surface area contributed by atoms with Crippen LogP contribution < -0.4 is 4.72 Å². The van der Waals surface area contributed by atoms with Gasteiger partial charge in [0.15, 0.2) is 0 Å². The molecule has 0 atom stereocenters. The van der Waals surface area contributed by atoms with Crippen LogP contribution in [0.25, 0.3) is 10.9 Å². The molecular weight excluding hydrogens is 355 g/mol. The lowest BCUT2D eigenvalue weighted by Crippen LogP contribution is -2.14. The summed E-state index contributed by atoms with van der Waals surface area (Å²) in [5.41, 5.74) is 1.64. The van der Waals surface area contributed by atoms with Crippen molar-refractivity contribution in [3.8, 4) is 0 Å². The first-order chi connectivity index (χ1) is 10.9. The van der Waals surface area contributed by atoms with Gasteiger partial charge in [0, 0.05) is 16.6 Å². The van der Waals surface area contributed by atoms with Crippen molar-refractivity contribution in [2.24, 2.45) is 0 Å². The van der Waals surface area contributed by atoms with Gasteiger partial charge in [0.1, 0.15) is 4.90 Å². The highest BCUT2D eigenvalue weighted by molar-refractivity contribution is 7.93. The number of nitrogens with one attached hydrogen (secondary N) is 1. The van der Waals surface area contributed by atoms with Gasteiger partial charge in [-0.1, -0.05) is 35.3 Å². The van der Waals surface area contributed by atoms with Crippen molar-refractivity contribution >= 4 is 49.8 Å². The lowest BCUT2D eigenvalue weighted by atomic mass is 10.2. The summed E-state index contributed by atoms with van der Waals surface area (Å²) in [6, 6.07) is 11.5. The number of rotatable bonds is 3. The van der Waals surface area contributed by atoms with Crippen LogP contribution in [0.15, 0.2) is 53.6 Å². The SMILES string of the molecule is Cc1cnc2c(S(=O)(=O)Nc3ccc(Cl)cc3Cl)cccc2c1. The lowest BCUT2D eigenvalue weighted by Gasteiger charge is -2.11. The minimum Gasteiger partial charge on any atom is -0.278 e. The molecule has 4 nitrogen and oxygen atoms in total. The molecule has 0 aliphatic heterocycles. The van der Waals surface area contributed by atoms with Gasteiger partial charge in [-0.25, -0.2) is 8.42 Å². The van der Waals surface area contributed by atoms with Crippen LogP contribution in [0.2, 0.25) is 10.0 Å². The van der Waals surface area contributed by atoms with E-state index in [1.807, 2.05) is 19.1 Å². The van der Waals surface area contributed by atoms with Crippen molar-refractivity contribution in [2.75, 3.05) is 4.72 Å². The number of benzene rings is 2. The number of halogens is 2. The number of pyridine rings is 1. The highest BCUT2D eigenvalue weighted by Gasteiger charge is 2.19. The maximum Gasteiger partial charge on any atom is 0.264 e. The molecule has 0 aliphatic rings. The summed E-state index contributed by atoms with van der Waals surface area (Å²) in [5, 5.41) is 1.42. The second-order valence-corrected chi connectivity index (χ2v) is 7.56. The number of hydrogen-bond donors (Lipinski definition) is 1. The molecule has 0 spiro atoms. The number of sulfonamides is 1. The molecule has 1 N–H and O–H groups in total. The quantitative estimate of drug-likeness (QED) is 0.733. The van der Waals surface area contributed by atoms with Crippen molar-refractivity contribution in [2.45, 2.75) is 11.8 Å². The van der Waals surface area contributed by atoms with Gasteiger partial charge < -0.3 is 0 Å². The molecule has 1 heterocycles. The molecule has 23 heavy (non-hydrogen) atoms. The van der Waals surface area contributed by atoms with E-state index < -0.39 is 10.0 Å². The van der Waals surface area contributed by atoms with E-state index in [0.29, 0.717) is 10.5 Å². The zero-order valence-electron chi connectivity index (χ0n) is 12.0. The third-order valence-corrected chi connectivity index (χ3v) is 5.22. The molecule has 0 bridgehead atoms. The van der Waals surface area contributed by atoms with Crippen molar-refractivity contribution < 1.29 is 8.42 Å². The predicted octanol–water partition coefficient (Wildman–Crippen LogP) is 4.65. The highest BCUT2D eigenvalue weighted by atomic mass is 35.5. The summed E-state index contributed by atoms with van der Waals surface area (Å²) in [7, 11) is -3.83. The summed E-state index contributed by atoms with van der Waals surface area (Å²) in [5.74, 6) is 0. The second kappa shape index (κ2) is 6.00. The number of aromatic nitrogens is 1. The van der Waals surface area contributed by atoms with Gasteiger partial charge in [0.2, 0.25) is 0 Å². The number of para-hydroxylation sites is 1. The van der Waals surface area contributed by atoms with Gasteiger partial charge in [-0.05, 0) is 42.8 Å². The molecule has 0 unspecified atom stereocenters. The first-order valence-corrected chi connectivity index (χ1v) is 8.94. The molecule has 3 aromatic rings. The van der Waals surface area contributed by atoms with E-state index in [-0.39, 0.29) is 15.6 Å². The fraction of sp³-hybridized carbons (Fsp3) is 0.0625. The van der Waals surface area contributed by atoms with Crippen LogP contribution in [0.4, 0.5) is 5.69 Å². The van der Waals surface area contributed by atoms with Crippen LogP contribution in [-0.4, -0.2) is 13.4 Å². The van der Waals surface area contributed by atoms with Gasteiger partial charge in [-0.2, -0.15) is 0 Å². The Morgan fingerprint density at radius 1 is 1.09 bits per heavy atom. The van der Waals surface area contributed by atoms with Crippen LogP contribution in [0, 0.1) is 6.92 Å². The Kier molecular flexibility index (Phi) is 4.19.